The normalized spacial score (nSPS) is 24.9. The molecule has 1 aliphatic carbocycles. The highest BCUT2D eigenvalue weighted by atomic mass is 16.3. The fraction of sp³-hybridized carbons (Fsp3) is 0.929. The van der Waals surface area contributed by atoms with E-state index in [1.54, 1.807) is 0 Å². The number of carbonyl (C=O) groups is 1. The lowest BCUT2D eigenvalue weighted by Crippen LogP contribution is -2.47. The van der Waals surface area contributed by atoms with E-state index in [1.165, 1.54) is 0 Å². The Balaban J connectivity index is 2.49. The maximum Gasteiger partial charge on any atom is 0.224 e. The van der Waals surface area contributed by atoms with E-state index in [-0.39, 0.29) is 29.9 Å². The van der Waals surface area contributed by atoms with Gasteiger partial charge in [-0.15, -0.1) is 0 Å². The van der Waals surface area contributed by atoms with Crippen LogP contribution >= 0.6 is 0 Å². The Morgan fingerprint density at radius 1 is 1.33 bits per heavy atom. The highest BCUT2D eigenvalue weighted by molar-refractivity contribution is 5.79. The van der Waals surface area contributed by atoms with Gasteiger partial charge in [-0.2, -0.15) is 0 Å². The van der Waals surface area contributed by atoms with Crippen molar-refractivity contribution in [1.29, 1.82) is 0 Å². The monoisotopic (exact) mass is 256 g/mol. The zero-order chi connectivity index (χ0) is 13.6. The highest BCUT2D eigenvalue weighted by Gasteiger charge is 2.31. The molecule has 1 amide bonds. The van der Waals surface area contributed by atoms with Crippen molar-refractivity contribution < 1.29 is 9.90 Å². The van der Waals surface area contributed by atoms with Gasteiger partial charge in [0, 0.05) is 18.0 Å². The number of hydrogen-bond acceptors (Lipinski definition) is 3. The largest absolute Gasteiger partial charge is 0.396 e. The molecule has 0 aromatic rings. The molecular formula is C14H28N2O2. The van der Waals surface area contributed by atoms with Gasteiger partial charge in [-0.3, -0.25) is 4.79 Å². The molecule has 0 heterocycles. The van der Waals surface area contributed by atoms with Crippen LogP contribution in [0.1, 0.15) is 52.4 Å². The predicted molar refractivity (Wildman–Crippen MR) is 73.0 cm³/mol. The SMILES string of the molecule is CCC(CC)(CO)CNC(=O)C1CCCCC1N. The van der Waals surface area contributed by atoms with Gasteiger partial charge in [0.1, 0.15) is 0 Å². The minimum absolute atomic E-state index is 0.00512. The summed E-state index contributed by atoms with van der Waals surface area (Å²) in [6, 6.07) is 0.00512. The van der Waals surface area contributed by atoms with Crippen molar-refractivity contribution in [2.45, 2.75) is 58.4 Å². The Morgan fingerprint density at radius 3 is 2.44 bits per heavy atom. The molecule has 1 saturated carbocycles. The van der Waals surface area contributed by atoms with Gasteiger partial charge in [0.2, 0.25) is 5.91 Å². The summed E-state index contributed by atoms with van der Waals surface area (Å²) in [7, 11) is 0. The number of hydrogen-bond donors (Lipinski definition) is 3. The average Bonchev–Trinajstić information content (AvgIpc) is 2.41. The van der Waals surface area contributed by atoms with Crippen molar-refractivity contribution in [3.05, 3.63) is 0 Å². The van der Waals surface area contributed by atoms with E-state index < -0.39 is 0 Å². The second-order valence-electron chi connectivity index (χ2n) is 5.64. The molecule has 0 spiro atoms. The van der Waals surface area contributed by atoms with Gasteiger partial charge in [-0.1, -0.05) is 26.7 Å². The summed E-state index contributed by atoms with van der Waals surface area (Å²) in [5, 5.41) is 12.5. The summed E-state index contributed by atoms with van der Waals surface area (Å²) in [6.45, 7) is 4.78. The molecule has 0 aromatic heterocycles. The van der Waals surface area contributed by atoms with Crippen molar-refractivity contribution in [2.24, 2.45) is 17.1 Å². The molecule has 1 rings (SSSR count). The minimum Gasteiger partial charge on any atom is -0.396 e. The Kier molecular flexibility index (Phi) is 6.09. The molecule has 0 bridgehead atoms. The van der Waals surface area contributed by atoms with Crippen LogP contribution in [0.25, 0.3) is 0 Å². The smallest absolute Gasteiger partial charge is 0.224 e. The molecular weight excluding hydrogens is 228 g/mol. The van der Waals surface area contributed by atoms with E-state index in [2.05, 4.69) is 19.2 Å². The van der Waals surface area contributed by atoms with Gasteiger partial charge in [-0.25, -0.2) is 0 Å². The highest BCUT2D eigenvalue weighted by Crippen LogP contribution is 2.26. The lowest BCUT2D eigenvalue weighted by Gasteiger charge is -2.32. The van der Waals surface area contributed by atoms with E-state index >= 15 is 0 Å². The summed E-state index contributed by atoms with van der Waals surface area (Å²) in [4.78, 5) is 12.1. The van der Waals surface area contributed by atoms with Crippen molar-refractivity contribution in [1.82, 2.24) is 5.32 Å². The average molecular weight is 256 g/mol. The van der Waals surface area contributed by atoms with E-state index in [0.29, 0.717) is 6.54 Å². The van der Waals surface area contributed by atoms with Gasteiger partial charge in [0.25, 0.3) is 0 Å². The first-order chi connectivity index (χ1) is 8.58. The third-order valence-corrected chi connectivity index (χ3v) is 4.63. The summed E-state index contributed by atoms with van der Waals surface area (Å²) >= 11 is 0. The van der Waals surface area contributed by atoms with Crippen LogP contribution in [-0.4, -0.2) is 30.2 Å². The predicted octanol–water partition coefficient (Wildman–Crippen LogP) is 1.42. The molecule has 4 N–H and O–H groups in total. The summed E-state index contributed by atoms with van der Waals surface area (Å²) in [5.41, 5.74) is 5.83. The molecule has 1 aliphatic rings. The number of nitrogens with two attached hydrogens (primary N) is 1. The van der Waals surface area contributed by atoms with Gasteiger partial charge >= 0.3 is 0 Å². The van der Waals surface area contributed by atoms with Crippen LogP contribution in [0, 0.1) is 11.3 Å². The van der Waals surface area contributed by atoms with Crippen LogP contribution in [-0.2, 0) is 4.79 Å². The Labute approximate surface area is 110 Å². The third kappa shape index (κ3) is 3.69. The van der Waals surface area contributed by atoms with E-state index in [4.69, 9.17) is 5.73 Å². The lowest BCUT2D eigenvalue weighted by molar-refractivity contribution is -0.127. The molecule has 0 radical (unpaired) electrons. The fourth-order valence-corrected chi connectivity index (χ4v) is 2.67. The first kappa shape index (κ1) is 15.4. The summed E-state index contributed by atoms with van der Waals surface area (Å²) in [5.74, 6) is 0.0331. The molecule has 4 heteroatoms. The molecule has 18 heavy (non-hydrogen) atoms. The molecule has 0 aromatic carbocycles. The molecule has 1 fully saturated rings. The van der Waals surface area contributed by atoms with Gasteiger partial charge in [0.05, 0.1) is 12.5 Å². The van der Waals surface area contributed by atoms with Crippen molar-refractivity contribution >= 4 is 5.91 Å². The molecule has 4 nitrogen and oxygen atoms in total. The van der Waals surface area contributed by atoms with Gasteiger partial charge in [0.15, 0.2) is 0 Å². The topological polar surface area (TPSA) is 75.3 Å². The molecule has 0 aliphatic heterocycles. The maximum atomic E-state index is 12.1. The number of rotatable bonds is 6. The van der Waals surface area contributed by atoms with E-state index in [9.17, 15) is 9.90 Å². The summed E-state index contributed by atoms with van der Waals surface area (Å²) < 4.78 is 0. The Bertz CT molecular complexity index is 256. The first-order valence-electron chi connectivity index (χ1n) is 7.22. The molecule has 0 saturated heterocycles. The molecule has 2 atom stereocenters. The summed E-state index contributed by atoms with van der Waals surface area (Å²) in [6.07, 6.45) is 5.82. The number of amides is 1. The van der Waals surface area contributed by atoms with Gasteiger partial charge < -0.3 is 16.2 Å². The zero-order valence-corrected chi connectivity index (χ0v) is 11.7. The first-order valence-corrected chi connectivity index (χ1v) is 7.22. The van der Waals surface area contributed by atoms with Crippen LogP contribution in [0.3, 0.4) is 0 Å². The van der Waals surface area contributed by atoms with Crippen LogP contribution < -0.4 is 11.1 Å². The minimum atomic E-state index is -0.172. The van der Waals surface area contributed by atoms with Crippen LogP contribution in [0.5, 0.6) is 0 Å². The second kappa shape index (κ2) is 7.10. The van der Waals surface area contributed by atoms with Crippen molar-refractivity contribution in [3.8, 4) is 0 Å². The van der Waals surface area contributed by atoms with E-state index in [0.717, 1.165) is 38.5 Å². The third-order valence-electron chi connectivity index (χ3n) is 4.63. The van der Waals surface area contributed by atoms with Gasteiger partial charge in [-0.05, 0) is 25.7 Å². The number of aliphatic hydroxyl groups excluding tert-OH is 1. The van der Waals surface area contributed by atoms with Crippen molar-refractivity contribution in [3.63, 3.8) is 0 Å². The standard InChI is InChI=1S/C14H28N2O2/c1-3-14(4-2,10-17)9-16-13(18)11-7-5-6-8-12(11)15/h11-12,17H,3-10,15H2,1-2H3,(H,16,18). The number of nitrogens with one attached hydrogen (secondary N) is 1. The second-order valence-corrected chi connectivity index (χ2v) is 5.64. The quantitative estimate of drug-likeness (QED) is 0.673. The van der Waals surface area contributed by atoms with Crippen LogP contribution in [0.2, 0.25) is 0 Å². The number of aliphatic hydroxyl groups is 1. The zero-order valence-electron chi connectivity index (χ0n) is 11.7. The number of carbonyl (C=O) groups excluding carboxylic acids is 1. The van der Waals surface area contributed by atoms with Crippen molar-refractivity contribution in [2.75, 3.05) is 13.2 Å². The Hall–Kier alpha value is -0.610. The van der Waals surface area contributed by atoms with Crippen LogP contribution in [0.4, 0.5) is 0 Å². The van der Waals surface area contributed by atoms with E-state index in [1.807, 2.05) is 0 Å². The molecule has 2 unspecified atom stereocenters. The van der Waals surface area contributed by atoms with Crippen LogP contribution in [0.15, 0.2) is 0 Å². The Morgan fingerprint density at radius 2 is 1.94 bits per heavy atom. The molecule has 106 valence electrons. The lowest BCUT2D eigenvalue weighted by atomic mass is 9.81. The maximum absolute atomic E-state index is 12.1. The fourth-order valence-electron chi connectivity index (χ4n) is 2.67.